The molecule has 1 aliphatic heterocycles. The molecule has 3 rings (SSSR count). The van der Waals surface area contributed by atoms with E-state index in [9.17, 15) is 4.79 Å². The van der Waals surface area contributed by atoms with Gasteiger partial charge < -0.3 is 4.98 Å². The standard InChI is InChI=1S/C13H15N3O/c14-8-13(3-4-13)9-16-6-2-10-1-5-15-12(17)11(10)7-16/h1,5H,2-4,6-7,9H2,(H,15,17). The second-order valence-corrected chi connectivity index (χ2v) is 5.16. The Morgan fingerprint density at radius 3 is 3.06 bits per heavy atom. The summed E-state index contributed by atoms with van der Waals surface area (Å²) < 4.78 is 0. The Hall–Kier alpha value is -1.60. The average molecular weight is 229 g/mol. The molecule has 0 amide bonds. The smallest absolute Gasteiger partial charge is 0.252 e. The normalized spacial score (nSPS) is 21.6. The maximum atomic E-state index is 11.7. The first-order valence-electron chi connectivity index (χ1n) is 6.05. The SMILES string of the molecule is N#CC1(CN2CCc3cc[nH]c(=O)c3C2)CC1. The molecule has 0 spiro atoms. The van der Waals surface area contributed by atoms with E-state index >= 15 is 0 Å². The third kappa shape index (κ3) is 1.87. The van der Waals surface area contributed by atoms with Crippen LogP contribution in [0.3, 0.4) is 0 Å². The first kappa shape index (κ1) is 10.5. The Labute approximate surface area is 99.9 Å². The van der Waals surface area contributed by atoms with Crippen LogP contribution in [-0.4, -0.2) is 23.0 Å². The van der Waals surface area contributed by atoms with Crippen LogP contribution >= 0.6 is 0 Å². The zero-order chi connectivity index (χ0) is 11.9. The highest BCUT2D eigenvalue weighted by Crippen LogP contribution is 2.45. The lowest BCUT2D eigenvalue weighted by Crippen LogP contribution is -2.37. The van der Waals surface area contributed by atoms with E-state index in [1.165, 1.54) is 0 Å². The van der Waals surface area contributed by atoms with E-state index in [0.29, 0.717) is 6.54 Å². The summed E-state index contributed by atoms with van der Waals surface area (Å²) in [4.78, 5) is 16.7. The summed E-state index contributed by atoms with van der Waals surface area (Å²) in [7, 11) is 0. The lowest BCUT2D eigenvalue weighted by Gasteiger charge is -2.29. The molecule has 0 radical (unpaired) electrons. The van der Waals surface area contributed by atoms with Crippen molar-refractivity contribution in [1.82, 2.24) is 9.88 Å². The van der Waals surface area contributed by atoms with Gasteiger partial charge in [-0.3, -0.25) is 9.69 Å². The highest BCUT2D eigenvalue weighted by atomic mass is 16.1. The molecule has 2 aliphatic rings. The summed E-state index contributed by atoms with van der Waals surface area (Å²) in [5.41, 5.74) is 1.95. The van der Waals surface area contributed by atoms with Gasteiger partial charge in [-0.15, -0.1) is 0 Å². The van der Waals surface area contributed by atoms with Crippen molar-refractivity contribution in [2.75, 3.05) is 13.1 Å². The molecule has 4 nitrogen and oxygen atoms in total. The Bertz CT molecular complexity index is 536. The summed E-state index contributed by atoms with van der Waals surface area (Å²) in [6.07, 6.45) is 4.66. The van der Waals surface area contributed by atoms with E-state index in [-0.39, 0.29) is 11.0 Å². The highest BCUT2D eigenvalue weighted by Gasteiger charge is 2.44. The van der Waals surface area contributed by atoms with Gasteiger partial charge in [-0.1, -0.05) is 0 Å². The number of hydrogen-bond acceptors (Lipinski definition) is 3. The topological polar surface area (TPSA) is 59.9 Å². The molecule has 0 saturated heterocycles. The van der Waals surface area contributed by atoms with Gasteiger partial charge in [-0.25, -0.2) is 0 Å². The van der Waals surface area contributed by atoms with E-state index in [0.717, 1.165) is 43.5 Å². The number of aromatic amines is 1. The predicted molar refractivity (Wildman–Crippen MR) is 63.3 cm³/mol. The minimum Gasteiger partial charge on any atom is -0.329 e. The molecule has 17 heavy (non-hydrogen) atoms. The van der Waals surface area contributed by atoms with Crippen molar-refractivity contribution in [3.63, 3.8) is 0 Å². The summed E-state index contributed by atoms with van der Waals surface area (Å²) in [5, 5.41) is 9.09. The maximum Gasteiger partial charge on any atom is 0.252 e. The van der Waals surface area contributed by atoms with Crippen molar-refractivity contribution < 1.29 is 0 Å². The molecule has 1 N–H and O–H groups in total. The molecule has 1 aliphatic carbocycles. The third-order valence-electron chi connectivity index (χ3n) is 3.86. The first-order valence-corrected chi connectivity index (χ1v) is 6.05. The predicted octanol–water partition coefficient (Wildman–Crippen LogP) is 1.04. The van der Waals surface area contributed by atoms with Gasteiger partial charge in [-0.05, 0) is 30.9 Å². The number of H-pyrrole nitrogens is 1. The van der Waals surface area contributed by atoms with Crippen molar-refractivity contribution in [1.29, 1.82) is 5.26 Å². The van der Waals surface area contributed by atoms with Crippen molar-refractivity contribution in [2.24, 2.45) is 5.41 Å². The van der Waals surface area contributed by atoms with Crippen LogP contribution in [0.25, 0.3) is 0 Å². The second-order valence-electron chi connectivity index (χ2n) is 5.16. The molecule has 4 heteroatoms. The number of pyridine rings is 1. The Morgan fingerprint density at radius 2 is 2.35 bits per heavy atom. The van der Waals surface area contributed by atoms with E-state index < -0.39 is 0 Å². The Balaban J connectivity index is 1.79. The number of aromatic nitrogens is 1. The number of nitrogens with zero attached hydrogens (tertiary/aromatic N) is 2. The van der Waals surface area contributed by atoms with Crippen molar-refractivity contribution in [3.05, 3.63) is 33.7 Å². The highest BCUT2D eigenvalue weighted by molar-refractivity contribution is 5.26. The zero-order valence-electron chi connectivity index (χ0n) is 9.70. The van der Waals surface area contributed by atoms with Gasteiger partial charge in [0.1, 0.15) is 0 Å². The van der Waals surface area contributed by atoms with E-state index in [4.69, 9.17) is 5.26 Å². The second kappa shape index (κ2) is 3.71. The van der Waals surface area contributed by atoms with Gasteiger partial charge in [0.2, 0.25) is 0 Å². The van der Waals surface area contributed by atoms with E-state index in [1.807, 2.05) is 6.07 Å². The van der Waals surface area contributed by atoms with Crippen LogP contribution in [0.4, 0.5) is 0 Å². The Morgan fingerprint density at radius 1 is 1.53 bits per heavy atom. The minimum absolute atomic E-state index is 0.0222. The fourth-order valence-electron chi connectivity index (χ4n) is 2.56. The van der Waals surface area contributed by atoms with Crippen LogP contribution in [0.2, 0.25) is 0 Å². The van der Waals surface area contributed by atoms with Crippen LogP contribution in [0.1, 0.15) is 24.0 Å². The number of hydrogen-bond donors (Lipinski definition) is 1. The third-order valence-corrected chi connectivity index (χ3v) is 3.86. The number of fused-ring (bicyclic) bond motifs is 1. The molecule has 88 valence electrons. The fourth-order valence-corrected chi connectivity index (χ4v) is 2.56. The molecule has 1 fully saturated rings. The summed E-state index contributed by atoms with van der Waals surface area (Å²) in [6, 6.07) is 4.40. The van der Waals surface area contributed by atoms with Crippen LogP contribution < -0.4 is 5.56 Å². The largest absolute Gasteiger partial charge is 0.329 e. The van der Waals surface area contributed by atoms with Crippen molar-refractivity contribution in [3.8, 4) is 6.07 Å². The lowest BCUT2D eigenvalue weighted by atomic mass is 10.00. The maximum absolute atomic E-state index is 11.7. The monoisotopic (exact) mass is 229 g/mol. The van der Waals surface area contributed by atoms with Gasteiger partial charge in [0.25, 0.3) is 5.56 Å². The molecular weight excluding hydrogens is 214 g/mol. The average Bonchev–Trinajstić information content (AvgIpc) is 3.11. The molecular formula is C13H15N3O. The summed E-state index contributed by atoms with van der Waals surface area (Å²) in [6.45, 7) is 2.46. The van der Waals surface area contributed by atoms with Crippen LogP contribution in [0.15, 0.2) is 17.1 Å². The molecule has 2 heterocycles. The molecule has 1 aromatic rings. The minimum atomic E-state index is -0.112. The molecule has 0 aromatic carbocycles. The number of nitrogens with one attached hydrogen (secondary N) is 1. The van der Waals surface area contributed by atoms with Crippen molar-refractivity contribution >= 4 is 0 Å². The molecule has 0 atom stereocenters. The summed E-state index contributed by atoms with van der Waals surface area (Å²) >= 11 is 0. The Kier molecular flexibility index (Phi) is 2.30. The fraction of sp³-hybridized carbons (Fsp3) is 0.538. The van der Waals surface area contributed by atoms with Crippen LogP contribution in [-0.2, 0) is 13.0 Å². The quantitative estimate of drug-likeness (QED) is 0.824. The van der Waals surface area contributed by atoms with Gasteiger partial charge in [-0.2, -0.15) is 5.26 Å². The lowest BCUT2D eigenvalue weighted by molar-refractivity contribution is 0.223. The molecule has 1 saturated carbocycles. The van der Waals surface area contributed by atoms with Gasteiger partial charge in [0.05, 0.1) is 11.5 Å². The number of nitriles is 1. The molecule has 1 aromatic heterocycles. The number of rotatable bonds is 2. The van der Waals surface area contributed by atoms with Gasteiger partial charge in [0.15, 0.2) is 0 Å². The van der Waals surface area contributed by atoms with Crippen LogP contribution in [0, 0.1) is 16.7 Å². The summed E-state index contributed by atoms with van der Waals surface area (Å²) in [5.74, 6) is 0. The van der Waals surface area contributed by atoms with E-state index in [1.54, 1.807) is 6.20 Å². The van der Waals surface area contributed by atoms with Crippen LogP contribution in [0.5, 0.6) is 0 Å². The van der Waals surface area contributed by atoms with Gasteiger partial charge >= 0.3 is 0 Å². The molecule has 0 unspecified atom stereocenters. The molecule has 0 bridgehead atoms. The first-order chi connectivity index (χ1) is 8.22. The van der Waals surface area contributed by atoms with Gasteiger partial charge in [0, 0.05) is 31.4 Å². The zero-order valence-corrected chi connectivity index (χ0v) is 9.70. The van der Waals surface area contributed by atoms with Crippen molar-refractivity contribution in [2.45, 2.75) is 25.8 Å². The van der Waals surface area contributed by atoms with E-state index in [2.05, 4.69) is 16.0 Å².